The fraction of sp³-hybridized carbons (Fsp3) is 0.391. The average Bonchev–Trinajstić information content (AvgIpc) is 2.84. The van der Waals surface area contributed by atoms with Crippen LogP contribution in [0.4, 0.5) is 11.4 Å². The first-order chi connectivity index (χ1) is 16.2. The molecule has 10 nitrogen and oxygen atoms in total. The highest BCUT2D eigenvalue weighted by Crippen LogP contribution is 2.24. The second-order valence-electron chi connectivity index (χ2n) is 7.95. The highest BCUT2D eigenvalue weighted by atomic mass is 32.2. The summed E-state index contributed by atoms with van der Waals surface area (Å²) in [6.45, 7) is 1.95. The highest BCUT2D eigenvalue weighted by Gasteiger charge is 2.26. The van der Waals surface area contributed by atoms with Gasteiger partial charge in [0, 0.05) is 24.7 Å². The smallest absolute Gasteiger partial charge is 0.340 e. The van der Waals surface area contributed by atoms with E-state index in [1.165, 1.54) is 42.5 Å². The molecule has 2 aromatic rings. The average molecular weight is 490 g/mol. The van der Waals surface area contributed by atoms with Gasteiger partial charge < -0.3 is 9.64 Å². The monoisotopic (exact) mass is 489 g/mol. The van der Waals surface area contributed by atoms with E-state index >= 15 is 0 Å². The number of benzene rings is 2. The molecule has 182 valence electrons. The summed E-state index contributed by atoms with van der Waals surface area (Å²) in [5.41, 5.74) is -0.524. The van der Waals surface area contributed by atoms with Gasteiger partial charge >= 0.3 is 5.97 Å². The van der Waals surface area contributed by atoms with E-state index in [9.17, 15) is 28.1 Å². The number of ether oxygens (including phenoxy) is 1. The second-order valence-corrected chi connectivity index (χ2v) is 9.64. The molecule has 0 spiro atoms. The molecule has 3 rings (SSSR count). The zero-order valence-corrected chi connectivity index (χ0v) is 19.6. The Balaban J connectivity index is 1.72. The normalized spacial score (nSPS) is 14.3. The summed E-state index contributed by atoms with van der Waals surface area (Å²) >= 11 is 0. The number of sulfonamides is 1. The molecule has 0 aromatic heterocycles. The molecule has 34 heavy (non-hydrogen) atoms. The molecule has 1 saturated carbocycles. The first kappa shape index (κ1) is 25.2. The SMILES string of the molecule is CCN(C(=O)COC(=O)c1ccccc1NS(=O)(=O)c1cccc([N+](=O)[O-])c1)C1CCCCC1. The number of amides is 1. The molecule has 0 heterocycles. The van der Waals surface area contributed by atoms with Crippen molar-refractivity contribution >= 4 is 33.3 Å². The van der Waals surface area contributed by atoms with Gasteiger partial charge in [0.25, 0.3) is 21.6 Å². The van der Waals surface area contributed by atoms with Crippen molar-refractivity contribution in [1.29, 1.82) is 0 Å². The van der Waals surface area contributed by atoms with Gasteiger partial charge in [-0.05, 0) is 38.0 Å². The second kappa shape index (κ2) is 11.1. The fourth-order valence-electron chi connectivity index (χ4n) is 4.04. The molecule has 0 bridgehead atoms. The predicted molar refractivity (Wildman–Crippen MR) is 125 cm³/mol. The van der Waals surface area contributed by atoms with E-state index in [0.29, 0.717) is 6.54 Å². The van der Waals surface area contributed by atoms with Gasteiger partial charge in [0.15, 0.2) is 6.61 Å². The van der Waals surface area contributed by atoms with Gasteiger partial charge in [-0.15, -0.1) is 0 Å². The zero-order valence-electron chi connectivity index (χ0n) is 18.8. The lowest BCUT2D eigenvalue weighted by atomic mass is 9.94. The fourth-order valence-corrected chi connectivity index (χ4v) is 5.16. The molecular weight excluding hydrogens is 462 g/mol. The van der Waals surface area contributed by atoms with Crippen molar-refractivity contribution in [2.75, 3.05) is 17.9 Å². The highest BCUT2D eigenvalue weighted by molar-refractivity contribution is 7.92. The largest absolute Gasteiger partial charge is 0.452 e. The Morgan fingerprint density at radius 2 is 1.82 bits per heavy atom. The Hall–Kier alpha value is -3.47. The van der Waals surface area contributed by atoms with Crippen molar-refractivity contribution < 1.29 is 27.7 Å². The quantitative estimate of drug-likeness (QED) is 0.322. The standard InChI is InChI=1S/C23H27N3O7S/c1-2-25(17-9-4-3-5-10-17)22(27)16-33-23(28)20-13-6-7-14-21(20)24-34(31,32)19-12-8-11-18(15-19)26(29)30/h6-8,11-15,17,24H,2-5,9-10,16H2,1H3. The van der Waals surface area contributed by atoms with Gasteiger partial charge in [-0.3, -0.25) is 19.6 Å². The Labute approximate surface area is 198 Å². The molecule has 0 unspecified atom stereocenters. The molecule has 1 aliphatic rings. The van der Waals surface area contributed by atoms with Gasteiger partial charge in [-0.25, -0.2) is 13.2 Å². The van der Waals surface area contributed by atoms with E-state index in [0.717, 1.165) is 38.2 Å². The molecule has 0 saturated heterocycles. The molecule has 0 aliphatic heterocycles. The van der Waals surface area contributed by atoms with E-state index in [1.807, 2.05) is 6.92 Å². The third-order valence-corrected chi connectivity index (χ3v) is 7.10. The Kier molecular flexibility index (Phi) is 8.21. The molecule has 2 aromatic carbocycles. The third-order valence-electron chi connectivity index (χ3n) is 5.73. The van der Waals surface area contributed by atoms with Gasteiger partial charge in [-0.1, -0.05) is 37.5 Å². The van der Waals surface area contributed by atoms with Gasteiger partial charge in [0.2, 0.25) is 0 Å². The molecule has 0 atom stereocenters. The van der Waals surface area contributed by atoms with Crippen molar-refractivity contribution in [3.8, 4) is 0 Å². The van der Waals surface area contributed by atoms with E-state index in [2.05, 4.69) is 4.72 Å². The van der Waals surface area contributed by atoms with Crippen LogP contribution in [0, 0.1) is 10.1 Å². The summed E-state index contributed by atoms with van der Waals surface area (Å²) in [7, 11) is -4.23. The third kappa shape index (κ3) is 6.10. The summed E-state index contributed by atoms with van der Waals surface area (Å²) in [6.07, 6.45) is 5.13. The van der Waals surface area contributed by atoms with Crippen LogP contribution in [-0.4, -0.2) is 49.3 Å². The number of nitro groups is 1. The number of rotatable bonds is 9. The number of para-hydroxylation sites is 1. The number of non-ortho nitro benzene ring substituents is 1. The number of hydrogen-bond donors (Lipinski definition) is 1. The van der Waals surface area contributed by atoms with E-state index in [1.54, 1.807) is 4.90 Å². The van der Waals surface area contributed by atoms with E-state index in [-0.39, 0.29) is 33.8 Å². The van der Waals surface area contributed by atoms with Crippen LogP contribution in [-0.2, 0) is 19.6 Å². The van der Waals surface area contributed by atoms with Gasteiger partial charge in [-0.2, -0.15) is 0 Å². The van der Waals surface area contributed by atoms with E-state index in [4.69, 9.17) is 4.74 Å². The van der Waals surface area contributed by atoms with Crippen LogP contribution in [0.1, 0.15) is 49.4 Å². The zero-order chi connectivity index (χ0) is 24.7. The number of carbonyl (C=O) groups excluding carboxylic acids is 2. The first-order valence-corrected chi connectivity index (χ1v) is 12.5. The topological polar surface area (TPSA) is 136 Å². The molecule has 1 amide bonds. The summed E-state index contributed by atoms with van der Waals surface area (Å²) in [6, 6.07) is 10.5. The summed E-state index contributed by atoms with van der Waals surface area (Å²) in [5, 5.41) is 11.0. The molecule has 0 radical (unpaired) electrons. The van der Waals surface area contributed by atoms with Crippen LogP contribution < -0.4 is 4.72 Å². The summed E-state index contributed by atoms with van der Waals surface area (Å²) in [4.78, 5) is 37.1. The van der Waals surface area contributed by atoms with Crippen LogP contribution in [0.2, 0.25) is 0 Å². The molecule has 1 fully saturated rings. The number of nitrogens with one attached hydrogen (secondary N) is 1. The minimum absolute atomic E-state index is 0.0638. The summed E-state index contributed by atoms with van der Waals surface area (Å²) < 4.78 is 33.0. The van der Waals surface area contributed by atoms with Crippen LogP contribution >= 0.6 is 0 Å². The molecular formula is C23H27N3O7S. The Morgan fingerprint density at radius 3 is 2.50 bits per heavy atom. The van der Waals surface area contributed by atoms with Crippen molar-refractivity contribution in [2.45, 2.75) is 50.0 Å². The number of anilines is 1. The Morgan fingerprint density at radius 1 is 1.12 bits per heavy atom. The van der Waals surface area contributed by atoms with Crippen molar-refractivity contribution in [1.82, 2.24) is 4.90 Å². The number of hydrogen-bond acceptors (Lipinski definition) is 7. The van der Waals surface area contributed by atoms with Gasteiger partial charge in [0.1, 0.15) is 0 Å². The predicted octanol–water partition coefficient (Wildman–Crippen LogP) is 3.73. The number of carbonyl (C=O) groups is 2. The van der Waals surface area contributed by atoms with Crippen molar-refractivity contribution in [2.24, 2.45) is 0 Å². The number of likely N-dealkylation sites (N-methyl/N-ethyl adjacent to an activating group) is 1. The lowest BCUT2D eigenvalue weighted by Gasteiger charge is -2.33. The first-order valence-electron chi connectivity index (χ1n) is 11.1. The number of nitro benzene ring substituents is 1. The molecule has 11 heteroatoms. The molecule has 1 aliphatic carbocycles. The maximum atomic E-state index is 12.8. The van der Waals surface area contributed by atoms with Crippen LogP contribution in [0.3, 0.4) is 0 Å². The van der Waals surface area contributed by atoms with Crippen LogP contribution in [0.25, 0.3) is 0 Å². The van der Waals surface area contributed by atoms with Crippen molar-refractivity contribution in [3.63, 3.8) is 0 Å². The lowest BCUT2D eigenvalue weighted by Crippen LogP contribution is -2.43. The summed E-state index contributed by atoms with van der Waals surface area (Å²) in [5.74, 6) is -1.15. The van der Waals surface area contributed by atoms with E-state index < -0.39 is 27.5 Å². The lowest BCUT2D eigenvalue weighted by molar-refractivity contribution is -0.385. The number of esters is 1. The number of nitrogens with zero attached hydrogens (tertiary/aromatic N) is 2. The van der Waals surface area contributed by atoms with Crippen LogP contribution in [0.5, 0.6) is 0 Å². The van der Waals surface area contributed by atoms with Gasteiger partial charge in [0.05, 0.1) is 21.1 Å². The minimum Gasteiger partial charge on any atom is -0.452 e. The minimum atomic E-state index is -4.23. The Bertz CT molecular complexity index is 1160. The molecule has 1 N–H and O–H groups in total. The maximum Gasteiger partial charge on any atom is 0.340 e. The maximum absolute atomic E-state index is 12.8. The van der Waals surface area contributed by atoms with Crippen molar-refractivity contribution in [3.05, 3.63) is 64.2 Å². The van der Waals surface area contributed by atoms with Crippen LogP contribution in [0.15, 0.2) is 53.4 Å².